The van der Waals surface area contributed by atoms with Gasteiger partial charge in [-0.25, -0.2) is 0 Å². The zero-order valence-electron chi connectivity index (χ0n) is 8.70. The highest BCUT2D eigenvalue weighted by molar-refractivity contribution is 7.16. The molecule has 0 aliphatic heterocycles. The van der Waals surface area contributed by atoms with Crippen molar-refractivity contribution >= 4 is 22.7 Å². The van der Waals surface area contributed by atoms with Crippen LogP contribution < -0.4 is 0 Å². The Bertz CT molecular complexity index is 402. The molecule has 2 aromatic heterocycles. The van der Waals surface area contributed by atoms with Crippen LogP contribution in [-0.2, 0) is 5.41 Å². The summed E-state index contributed by atoms with van der Waals surface area (Å²) in [6.07, 6.45) is 0. The van der Waals surface area contributed by atoms with Crippen molar-refractivity contribution in [2.24, 2.45) is 0 Å². The molecule has 0 aromatic carbocycles. The van der Waals surface area contributed by atoms with Gasteiger partial charge in [-0.1, -0.05) is 20.8 Å². The Morgan fingerprint density at radius 1 is 1.07 bits per heavy atom. The molecule has 0 radical (unpaired) electrons. The van der Waals surface area contributed by atoms with Crippen LogP contribution in [0, 0.1) is 0 Å². The van der Waals surface area contributed by atoms with Crippen molar-refractivity contribution < 1.29 is 0 Å². The molecule has 0 aliphatic rings. The van der Waals surface area contributed by atoms with Crippen LogP contribution in [0.3, 0.4) is 0 Å². The van der Waals surface area contributed by atoms with E-state index in [9.17, 15) is 0 Å². The molecule has 2 rings (SSSR count). The lowest BCUT2D eigenvalue weighted by molar-refractivity contribution is 0.604. The molecule has 0 fully saturated rings. The number of hydrogen-bond acceptors (Lipinski definition) is 2. The van der Waals surface area contributed by atoms with E-state index in [0.717, 1.165) is 0 Å². The molecule has 0 atom stereocenters. The Hall–Kier alpha value is -0.600. The van der Waals surface area contributed by atoms with Gasteiger partial charge in [0.2, 0.25) is 0 Å². The first-order valence-electron chi connectivity index (χ1n) is 4.70. The maximum absolute atomic E-state index is 2.26. The highest BCUT2D eigenvalue weighted by Crippen LogP contribution is 2.35. The minimum Gasteiger partial charge on any atom is -0.152 e. The molecule has 2 heterocycles. The quantitative estimate of drug-likeness (QED) is 0.651. The van der Waals surface area contributed by atoms with Gasteiger partial charge in [-0.2, -0.15) is 11.3 Å². The van der Waals surface area contributed by atoms with E-state index in [0.29, 0.717) is 0 Å². The van der Waals surface area contributed by atoms with Crippen molar-refractivity contribution in [1.82, 2.24) is 0 Å². The summed E-state index contributed by atoms with van der Waals surface area (Å²) in [6, 6.07) is 6.66. The highest BCUT2D eigenvalue weighted by atomic mass is 32.1. The molecule has 14 heavy (non-hydrogen) atoms. The van der Waals surface area contributed by atoms with Gasteiger partial charge in [-0.05, 0) is 34.4 Å². The molecular formula is C12H14S2. The Morgan fingerprint density at radius 3 is 2.36 bits per heavy atom. The summed E-state index contributed by atoms with van der Waals surface area (Å²) in [7, 11) is 0. The third-order valence-corrected chi connectivity index (χ3v) is 4.39. The van der Waals surface area contributed by atoms with Gasteiger partial charge < -0.3 is 0 Å². The standard InChI is InChI=1S/C12H14S2/c1-12(2,3)11-5-4-10(14-11)9-6-7-13-8-9/h4-8H,1-3H3. The summed E-state index contributed by atoms with van der Waals surface area (Å²) in [5, 5.41) is 4.34. The zero-order valence-corrected chi connectivity index (χ0v) is 10.3. The number of rotatable bonds is 1. The van der Waals surface area contributed by atoms with E-state index >= 15 is 0 Å². The molecular weight excluding hydrogens is 208 g/mol. The van der Waals surface area contributed by atoms with E-state index in [1.165, 1.54) is 15.3 Å². The van der Waals surface area contributed by atoms with Crippen LogP contribution in [0.15, 0.2) is 29.0 Å². The predicted octanol–water partition coefficient (Wildman–Crippen LogP) is 4.77. The summed E-state index contributed by atoms with van der Waals surface area (Å²) in [5.41, 5.74) is 1.63. The first-order valence-corrected chi connectivity index (χ1v) is 6.46. The van der Waals surface area contributed by atoms with Crippen molar-refractivity contribution in [2.75, 3.05) is 0 Å². The van der Waals surface area contributed by atoms with Crippen molar-refractivity contribution in [2.45, 2.75) is 26.2 Å². The van der Waals surface area contributed by atoms with Crippen LogP contribution in [0.2, 0.25) is 0 Å². The SMILES string of the molecule is CC(C)(C)c1ccc(-c2ccsc2)s1. The second kappa shape index (κ2) is 3.52. The maximum Gasteiger partial charge on any atom is 0.0354 e. The summed E-state index contributed by atoms with van der Waals surface area (Å²) in [4.78, 5) is 2.84. The summed E-state index contributed by atoms with van der Waals surface area (Å²) >= 11 is 3.66. The molecule has 0 nitrogen and oxygen atoms in total. The second-order valence-electron chi connectivity index (χ2n) is 4.43. The topological polar surface area (TPSA) is 0 Å². The number of hydrogen-bond donors (Lipinski definition) is 0. The monoisotopic (exact) mass is 222 g/mol. The van der Waals surface area contributed by atoms with Gasteiger partial charge in [0.25, 0.3) is 0 Å². The summed E-state index contributed by atoms with van der Waals surface area (Å²) in [5.74, 6) is 0. The zero-order chi connectivity index (χ0) is 10.2. The fourth-order valence-corrected chi connectivity index (χ4v) is 3.09. The van der Waals surface area contributed by atoms with Crippen LogP contribution >= 0.6 is 22.7 Å². The average Bonchev–Trinajstić information content (AvgIpc) is 2.73. The van der Waals surface area contributed by atoms with E-state index in [-0.39, 0.29) is 5.41 Å². The normalized spacial score (nSPS) is 11.9. The third-order valence-electron chi connectivity index (χ3n) is 2.15. The van der Waals surface area contributed by atoms with Gasteiger partial charge >= 0.3 is 0 Å². The third kappa shape index (κ3) is 1.91. The maximum atomic E-state index is 2.26. The lowest BCUT2D eigenvalue weighted by Crippen LogP contribution is -2.07. The van der Waals surface area contributed by atoms with E-state index < -0.39 is 0 Å². The molecule has 0 amide bonds. The average molecular weight is 222 g/mol. The minimum atomic E-state index is 0.277. The first-order chi connectivity index (χ1) is 6.57. The van der Waals surface area contributed by atoms with Crippen molar-refractivity contribution in [3.05, 3.63) is 33.8 Å². The Morgan fingerprint density at radius 2 is 1.86 bits per heavy atom. The van der Waals surface area contributed by atoms with E-state index in [1.54, 1.807) is 11.3 Å². The van der Waals surface area contributed by atoms with E-state index in [4.69, 9.17) is 0 Å². The van der Waals surface area contributed by atoms with E-state index in [1.807, 2.05) is 11.3 Å². The van der Waals surface area contributed by atoms with Crippen LogP contribution in [0.5, 0.6) is 0 Å². The Labute approximate surface area is 93.2 Å². The van der Waals surface area contributed by atoms with Gasteiger partial charge in [0, 0.05) is 15.3 Å². The second-order valence-corrected chi connectivity index (χ2v) is 6.29. The molecule has 0 saturated carbocycles. The van der Waals surface area contributed by atoms with Gasteiger partial charge in [0.1, 0.15) is 0 Å². The molecule has 0 spiro atoms. The molecule has 0 bridgehead atoms. The first kappa shape index (κ1) is 9.94. The van der Waals surface area contributed by atoms with Crippen LogP contribution in [0.4, 0.5) is 0 Å². The Balaban J connectivity index is 2.36. The molecule has 0 saturated heterocycles. The fourth-order valence-electron chi connectivity index (χ4n) is 1.30. The molecule has 74 valence electrons. The molecule has 2 heteroatoms. The van der Waals surface area contributed by atoms with Crippen LogP contribution in [0.1, 0.15) is 25.6 Å². The summed E-state index contributed by atoms with van der Waals surface area (Å²) in [6.45, 7) is 6.78. The highest BCUT2D eigenvalue weighted by Gasteiger charge is 2.16. The Kier molecular flexibility index (Phi) is 2.50. The van der Waals surface area contributed by atoms with Crippen LogP contribution in [-0.4, -0.2) is 0 Å². The van der Waals surface area contributed by atoms with Gasteiger partial charge in [-0.3, -0.25) is 0 Å². The molecule has 0 N–H and O–H groups in total. The van der Waals surface area contributed by atoms with Crippen LogP contribution in [0.25, 0.3) is 10.4 Å². The fraction of sp³-hybridized carbons (Fsp3) is 0.333. The number of thiophene rings is 2. The van der Waals surface area contributed by atoms with Crippen molar-refractivity contribution in [3.63, 3.8) is 0 Å². The van der Waals surface area contributed by atoms with Crippen molar-refractivity contribution in [3.8, 4) is 10.4 Å². The lowest BCUT2D eigenvalue weighted by atomic mass is 9.95. The van der Waals surface area contributed by atoms with Gasteiger partial charge in [0.15, 0.2) is 0 Å². The van der Waals surface area contributed by atoms with Gasteiger partial charge in [0.05, 0.1) is 0 Å². The van der Waals surface area contributed by atoms with Gasteiger partial charge in [-0.15, -0.1) is 11.3 Å². The predicted molar refractivity (Wildman–Crippen MR) is 66.3 cm³/mol. The van der Waals surface area contributed by atoms with E-state index in [2.05, 4.69) is 49.7 Å². The molecule has 0 unspecified atom stereocenters. The van der Waals surface area contributed by atoms with Crippen molar-refractivity contribution in [1.29, 1.82) is 0 Å². The lowest BCUT2D eigenvalue weighted by Gasteiger charge is -2.15. The summed E-state index contributed by atoms with van der Waals surface area (Å²) < 4.78 is 0. The molecule has 2 aromatic rings. The smallest absolute Gasteiger partial charge is 0.0354 e. The largest absolute Gasteiger partial charge is 0.152 e. The molecule has 0 aliphatic carbocycles. The minimum absolute atomic E-state index is 0.277.